The predicted octanol–water partition coefficient (Wildman–Crippen LogP) is 1.81. The number of urea groups is 1. The Labute approximate surface area is 550 Å². The van der Waals surface area contributed by atoms with Crippen molar-refractivity contribution in [2.24, 2.45) is 16.6 Å². The number of nitrogens with one attached hydrogen (secondary N) is 2. The molecule has 0 aromatic rings. The minimum absolute atomic E-state index is 0. The van der Waals surface area contributed by atoms with E-state index >= 15 is 0 Å². The molecule has 0 aromatic carbocycles. The van der Waals surface area contributed by atoms with Crippen molar-refractivity contribution in [2.45, 2.75) is 207 Å². The Balaban J connectivity index is -0.000000300. The number of esters is 4. The molecule has 0 saturated heterocycles. The monoisotopic (exact) mass is 1290 g/mol. The van der Waals surface area contributed by atoms with Gasteiger partial charge in [0.1, 0.15) is 45.3 Å². The molecule has 0 fully saturated rings. The van der Waals surface area contributed by atoms with Gasteiger partial charge in [-0.05, 0) is 122 Å². The maximum absolute atomic E-state index is 12.6. The molecule has 0 bridgehead atoms. The quantitative estimate of drug-likeness (QED) is 0.00670. The molecule has 0 rings (SSSR count). The second kappa shape index (κ2) is 53.3. The Kier molecular flexibility index (Phi) is 57.3. The smallest absolute Gasteiger partial charge is 0.870 e. The molecule has 89 heavy (non-hydrogen) atoms. The van der Waals surface area contributed by atoms with Gasteiger partial charge in [0.15, 0.2) is 0 Å². The van der Waals surface area contributed by atoms with Gasteiger partial charge in [0.05, 0.1) is 129 Å². The average Bonchev–Trinajstić information content (AvgIpc) is 3.39. The van der Waals surface area contributed by atoms with Crippen molar-refractivity contribution in [2.75, 3.05) is 112 Å². The van der Waals surface area contributed by atoms with Crippen LogP contribution in [0.25, 0.3) is 10.4 Å². The Morgan fingerprint density at radius 1 is 0.494 bits per heavy atom. The van der Waals surface area contributed by atoms with Crippen LogP contribution >= 0.6 is 0 Å². The maximum Gasteiger partial charge on any atom is 1.00 e. The predicted molar refractivity (Wildman–Crippen MR) is 327 cm³/mol. The standard InChI is InChI=1S/C25H47NO9.C23H41N5O7.C7H12O2.C4H11NO3.Na.H2O/c1-22(2,3)33-19(27)10-13-30-16-25(26,17-31-14-11-20(28)34-23(4,5)6)18-32-15-12-21(29)35-24(7,8)9;1-19(29)8-13-33-16-23(17-34-14-9-20(2)30,18-35-15-10-21(3)31)27-22(32)25-11-6-4-5-7-12-26-28-24;1-5-6(8)9-7(2,3)4;5-4(1-6,2-7)3-8;;/h10-18,26H2,1-9H3;4-18H2,1-3H3,(H2,25,27,32);5H,1H2,2-4H3;6-8H,1-3,5H2;;1H2/q;;;;+1;/p-1. The molecular weight excluding hydrogens is 1180 g/mol. The molecule has 10 N–H and O–H groups in total. The van der Waals surface area contributed by atoms with Gasteiger partial charge in [-0.3, -0.25) is 28.8 Å². The van der Waals surface area contributed by atoms with Crippen molar-refractivity contribution in [3.8, 4) is 0 Å². The number of amides is 2. The molecule has 0 spiro atoms. The SMILES string of the molecule is C=CC(=O)OC(C)(C)C.CC(=O)CCOCC(COCCC(C)=O)(COCCC(C)=O)NC(=O)NCCCCCCN=[N+]=[N-].CC(C)(C)OC(=O)CCOCC(N)(COCCC(=O)OC(C)(C)C)COCCC(=O)OC(C)(C)C.NC(CO)(CO)CO.[Na+].[OH-]. The molecule has 30 heteroatoms. The zero-order valence-corrected chi connectivity index (χ0v) is 58.5. The fourth-order valence-electron chi connectivity index (χ4n) is 5.97. The first-order valence-electron chi connectivity index (χ1n) is 29.1. The van der Waals surface area contributed by atoms with Crippen molar-refractivity contribution in [3.05, 3.63) is 23.1 Å². The van der Waals surface area contributed by atoms with Gasteiger partial charge in [-0.2, -0.15) is 0 Å². The first kappa shape index (κ1) is 95.8. The van der Waals surface area contributed by atoms with Crippen LogP contribution in [-0.2, 0) is 80.9 Å². The summed E-state index contributed by atoms with van der Waals surface area (Å²) >= 11 is 0. The van der Waals surface area contributed by atoms with Crippen LogP contribution in [0.15, 0.2) is 17.8 Å². The molecule has 516 valence electrons. The Morgan fingerprint density at radius 2 is 0.798 bits per heavy atom. The molecule has 0 aliphatic heterocycles. The normalized spacial score (nSPS) is 11.5. The molecule has 2 amide bonds. The minimum Gasteiger partial charge on any atom is -0.870 e. The third-order valence-electron chi connectivity index (χ3n) is 10.1. The number of ketones is 3. The van der Waals surface area contributed by atoms with Crippen LogP contribution in [0, 0.1) is 0 Å². The largest absolute Gasteiger partial charge is 1.00 e. The van der Waals surface area contributed by atoms with Gasteiger partial charge < -0.3 is 90.3 Å². The number of rotatable bonds is 42. The number of hydrogen-bond donors (Lipinski definition) is 7. The molecule has 0 aliphatic carbocycles. The number of carbonyl (C=O) groups excluding carboxylic acids is 8. The topological polar surface area (TPSA) is 444 Å². The molecule has 29 nitrogen and oxygen atoms in total. The van der Waals surface area contributed by atoms with Gasteiger partial charge in [-0.15, -0.1) is 0 Å². The van der Waals surface area contributed by atoms with E-state index in [9.17, 15) is 38.4 Å². The van der Waals surface area contributed by atoms with Gasteiger partial charge >= 0.3 is 59.5 Å². The Hall–Kier alpha value is -4.27. The fraction of sp³-hybridized carbons (Fsp3) is 0.831. The van der Waals surface area contributed by atoms with E-state index in [1.54, 1.807) is 62.3 Å². The molecule has 0 heterocycles. The zero-order valence-electron chi connectivity index (χ0n) is 56.5. The molecule has 0 atom stereocenters. The van der Waals surface area contributed by atoms with Crippen LogP contribution in [-0.4, -0.2) is 219 Å². The third kappa shape index (κ3) is 69.5. The summed E-state index contributed by atoms with van der Waals surface area (Å²) in [6.45, 7) is 30.0. The average molecular weight is 1290 g/mol. The van der Waals surface area contributed by atoms with E-state index in [0.717, 1.165) is 31.8 Å². The number of unbranched alkanes of at least 4 members (excludes halogenated alkanes) is 3. The summed E-state index contributed by atoms with van der Waals surface area (Å²) in [7, 11) is 0. The Morgan fingerprint density at radius 3 is 1.06 bits per heavy atom. The van der Waals surface area contributed by atoms with E-state index in [4.69, 9.17) is 79.7 Å². The zero-order chi connectivity index (χ0) is 67.8. The van der Waals surface area contributed by atoms with E-state index < -0.39 is 64.9 Å². The number of Topliss-reactive ketones (excluding diaryl/α,β-unsaturated/α-hetero) is 3. The van der Waals surface area contributed by atoms with Crippen molar-refractivity contribution >= 4 is 47.3 Å². The van der Waals surface area contributed by atoms with E-state index in [-0.39, 0.29) is 194 Å². The van der Waals surface area contributed by atoms with Crippen molar-refractivity contribution < 1.29 is 136 Å². The van der Waals surface area contributed by atoms with Crippen molar-refractivity contribution in [1.29, 1.82) is 0 Å². The minimum atomic E-state index is -1.21. The number of ether oxygens (including phenoxy) is 10. The summed E-state index contributed by atoms with van der Waals surface area (Å²) < 4.78 is 54.4. The van der Waals surface area contributed by atoms with Crippen LogP contribution in [0.3, 0.4) is 0 Å². The van der Waals surface area contributed by atoms with Crippen LogP contribution < -0.4 is 51.7 Å². The number of hydrogen-bond acceptors (Lipinski definition) is 25. The van der Waals surface area contributed by atoms with Crippen molar-refractivity contribution in [1.82, 2.24) is 10.6 Å². The summed E-state index contributed by atoms with van der Waals surface area (Å²) in [6.07, 6.45) is 5.42. The molecule has 0 radical (unpaired) electrons. The van der Waals surface area contributed by atoms with E-state index in [0.29, 0.717) is 13.1 Å². The van der Waals surface area contributed by atoms with E-state index in [1.165, 1.54) is 20.8 Å². The van der Waals surface area contributed by atoms with Crippen LogP contribution in [0.2, 0.25) is 0 Å². The van der Waals surface area contributed by atoms with Gasteiger partial charge in [0.2, 0.25) is 0 Å². The summed E-state index contributed by atoms with van der Waals surface area (Å²) in [5.41, 5.74) is 14.4. The molecular formula is C59H112N7NaO22. The summed E-state index contributed by atoms with van der Waals surface area (Å²) in [6, 6.07) is -0.431. The summed E-state index contributed by atoms with van der Waals surface area (Å²) in [5, 5.41) is 34.2. The van der Waals surface area contributed by atoms with Crippen LogP contribution in [0.4, 0.5) is 4.79 Å². The number of azide groups is 1. The van der Waals surface area contributed by atoms with E-state index in [1.807, 2.05) is 20.8 Å². The fourth-order valence-corrected chi connectivity index (χ4v) is 5.97. The number of nitrogens with zero attached hydrogens (tertiary/aromatic N) is 3. The maximum atomic E-state index is 12.6. The number of carbonyl (C=O) groups is 8. The third-order valence-corrected chi connectivity index (χ3v) is 10.1. The van der Waals surface area contributed by atoms with E-state index in [2.05, 4.69) is 27.2 Å². The van der Waals surface area contributed by atoms with Gasteiger partial charge in [0.25, 0.3) is 0 Å². The second-order valence-corrected chi connectivity index (χ2v) is 24.6. The first-order chi connectivity index (χ1) is 40.1. The van der Waals surface area contributed by atoms with Gasteiger partial charge in [-0.1, -0.05) is 24.5 Å². The number of aliphatic hydroxyl groups is 3. The first-order valence-corrected chi connectivity index (χ1v) is 29.1. The molecule has 0 unspecified atom stereocenters. The van der Waals surface area contributed by atoms with Gasteiger partial charge in [0, 0.05) is 43.3 Å². The number of aliphatic hydroxyl groups excluding tert-OH is 3. The summed E-state index contributed by atoms with van der Waals surface area (Å²) in [4.78, 5) is 95.2. The van der Waals surface area contributed by atoms with Crippen molar-refractivity contribution in [3.63, 3.8) is 0 Å². The second-order valence-electron chi connectivity index (χ2n) is 24.6. The van der Waals surface area contributed by atoms with Gasteiger partial charge in [-0.25, -0.2) is 9.59 Å². The van der Waals surface area contributed by atoms with Crippen LogP contribution in [0.5, 0.6) is 0 Å². The number of nitrogens with two attached hydrogens (primary N) is 2. The Bertz CT molecular complexity index is 1860. The summed E-state index contributed by atoms with van der Waals surface area (Å²) in [5.74, 6) is -1.54. The van der Waals surface area contributed by atoms with Crippen LogP contribution in [0.1, 0.15) is 168 Å². The molecule has 0 saturated carbocycles. The molecule has 0 aliphatic rings. The molecule has 0 aromatic heterocycles.